The van der Waals surface area contributed by atoms with Crippen molar-refractivity contribution in [3.63, 3.8) is 0 Å². The van der Waals surface area contributed by atoms with Crippen LogP contribution in [0.1, 0.15) is 65.7 Å². The van der Waals surface area contributed by atoms with Gasteiger partial charge in [0.1, 0.15) is 11.7 Å². The summed E-state index contributed by atoms with van der Waals surface area (Å²) in [5, 5.41) is 0. The van der Waals surface area contributed by atoms with E-state index < -0.39 is 0 Å². The van der Waals surface area contributed by atoms with Crippen molar-refractivity contribution in [2.45, 2.75) is 77.4 Å². The predicted molar refractivity (Wildman–Crippen MR) is 91.9 cm³/mol. The van der Waals surface area contributed by atoms with E-state index in [1.807, 2.05) is 0 Å². The largest absolute Gasteiger partial charge is 0.363 e. The molecule has 0 radical (unpaired) electrons. The van der Waals surface area contributed by atoms with Crippen LogP contribution in [0, 0.1) is 5.92 Å². The molecule has 2 bridgehead atoms. The normalized spacial score (nSPS) is 29.6. The zero-order valence-electron chi connectivity index (χ0n) is 13.8. The van der Waals surface area contributed by atoms with Crippen LogP contribution < -0.4 is 0 Å². The van der Waals surface area contributed by atoms with Crippen LogP contribution in [-0.4, -0.2) is 23.3 Å². The Morgan fingerprint density at radius 3 is 2.24 bits per heavy atom. The number of amidine groups is 2. The van der Waals surface area contributed by atoms with E-state index in [1.165, 1.54) is 44.4 Å². The fourth-order valence-electron chi connectivity index (χ4n) is 4.61. The van der Waals surface area contributed by atoms with Gasteiger partial charge in [-0.25, -0.2) is 9.98 Å². The highest BCUT2D eigenvalue weighted by atomic mass is 15.3. The summed E-state index contributed by atoms with van der Waals surface area (Å²) in [6.07, 6.45) is 9.42. The zero-order valence-corrected chi connectivity index (χ0v) is 13.8. The number of fused-ring (bicyclic) bond motifs is 2. The molecule has 0 aromatic carbocycles. The molecule has 3 rings (SSSR count). The predicted octanol–water partition coefficient (Wildman–Crippen LogP) is 4.74. The van der Waals surface area contributed by atoms with Gasteiger partial charge in [0.25, 0.3) is 6.85 Å². The van der Waals surface area contributed by atoms with E-state index in [2.05, 4.69) is 37.2 Å². The highest BCUT2D eigenvalue weighted by Crippen LogP contribution is 2.48. The van der Waals surface area contributed by atoms with Crippen LogP contribution in [0.2, 0.25) is 11.6 Å². The van der Waals surface area contributed by atoms with Crippen LogP contribution >= 0.6 is 0 Å². The minimum Gasteiger partial charge on any atom is -0.363 e. The van der Waals surface area contributed by atoms with Gasteiger partial charge < -0.3 is 4.81 Å². The van der Waals surface area contributed by atoms with E-state index in [0.29, 0.717) is 18.6 Å². The molecule has 0 saturated carbocycles. The number of hydrogen-bond donors (Lipinski definition) is 0. The second kappa shape index (κ2) is 5.98. The molecule has 0 aromatic heterocycles. The minimum atomic E-state index is 0.619. The summed E-state index contributed by atoms with van der Waals surface area (Å²) in [5.74, 6) is 5.31. The third kappa shape index (κ3) is 2.95. The van der Waals surface area contributed by atoms with Crippen molar-refractivity contribution >= 4 is 18.5 Å². The maximum atomic E-state index is 4.72. The molecule has 0 N–H and O–H groups in total. The monoisotopic (exact) mass is 285 g/mol. The summed E-state index contributed by atoms with van der Waals surface area (Å²) < 4.78 is 0. The molecule has 21 heavy (non-hydrogen) atoms. The smallest absolute Gasteiger partial charge is 0.269 e. The molecule has 114 valence electrons. The summed E-state index contributed by atoms with van der Waals surface area (Å²) in [4.78, 5) is 11.8. The Labute approximate surface area is 129 Å². The topological polar surface area (TPSA) is 28.0 Å². The second-order valence-corrected chi connectivity index (χ2v) is 7.44. The third-order valence-corrected chi connectivity index (χ3v) is 5.33. The van der Waals surface area contributed by atoms with Gasteiger partial charge in [-0.3, -0.25) is 0 Å². The molecule has 0 spiro atoms. The van der Waals surface area contributed by atoms with Crippen LogP contribution in [-0.2, 0) is 0 Å². The van der Waals surface area contributed by atoms with Gasteiger partial charge >= 0.3 is 0 Å². The maximum absolute atomic E-state index is 4.72. The van der Waals surface area contributed by atoms with Gasteiger partial charge in [0.15, 0.2) is 0 Å². The number of hydrogen-bond acceptors (Lipinski definition) is 3. The quantitative estimate of drug-likeness (QED) is 0.688. The van der Waals surface area contributed by atoms with Crippen LogP contribution in [0.25, 0.3) is 0 Å². The Bertz CT molecular complexity index is 458. The fourth-order valence-corrected chi connectivity index (χ4v) is 4.61. The Morgan fingerprint density at radius 1 is 1.14 bits per heavy atom. The standard InChI is InChI=1S/C17H28BN3/c1-12(2)11-17-20-13(3)19-14(4)21(17)18-15-7-5-8-16(18)10-6-9-15/h12,15-16H,3,5-11H2,1-2,4H3. The van der Waals surface area contributed by atoms with E-state index >= 15 is 0 Å². The molecule has 0 unspecified atom stereocenters. The van der Waals surface area contributed by atoms with Gasteiger partial charge in [-0.2, -0.15) is 0 Å². The van der Waals surface area contributed by atoms with Crippen molar-refractivity contribution in [3.05, 3.63) is 12.4 Å². The van der Waals surface area contributed by atoms with Crippen molar-refractivity contribution in [2.75, 3.05) is 0 Å². The summed E-state index contributed by atoms with van der Waals surface area (Å²) in [5.41, 5.74) is 0. The lowest BCUT2D eigenvalue weighted by Gasteiger charge is -2.47. The van der Waals surface area contributed by atoms with Gasteiger partial charge in [0.05, 0.1) is 5.84 Å². The number of aliphatic imine (C=N–C) groups is 2. The van der Waals surface area contributed by atoms with Gasteiger partial charge in [-0.1, -0.05) is 59.0 Å². The summed E-state index contributed by atoms with van der Waals surface area (Å²) in [7, 11) is 0. The Balaban J connectivity index is 1.91. The summed E-state index contributed by atoms with van der Waals surface area (Å²) >= 11 is 0. The lowest BCUT2D eigenvalue weighted by molar-refractivity contribution is 0.424. The van der Waals surface area contributed by atoms with Crippen LogP contribution in [0.15, 0.2) is 22.4 Å². The molecule has 3 aliphatic rings. The Morgan fingerprint density at radius 2 is 1.71 bits per heavy atom. The Kier molecular flexibility index (Phi) is 4.23. The van der Waals surface area contributed by atoms with E-state index in [0.717, 1.165) is 23.9 Å². The molecule has 2 fully saturated rings. The first-order valence-corrected chi connectivity index (χ1v) is 8.67. The molecule has 3 nitrogen and oxygen atoms in total. The first kappa shape index (κ1) is 14.9. The van der Waals surface area contributed by atoms with Crippen LogP contribution in [0.5, 0.6) is 0 Å². The van der Waals surface area contributed by atoms with Crippen LogP contribution in [0.4, 0.5) is 0 Å². The van der Waals surface area contributed by atoms with Crippen molar-refractivity contribution in [2.24, 2.45) is 15.9 Å². The molecule has 0 atom stereocenters. The van der Waals surface area contributed by atoms with Gasteiger partial charge in [-0.05, 0) is 24.5 Å². The third-order valence-electron chi connectivity index (χ3n) is 5.33. The van der Waals surface area contributed by atoms with Gasteiger partial charge in [0.2, 0.25) is 0 Å². The van der Waals surface area contributed by atoms with Crippen molar-refractivity contribution < 1.29 is 0 Å². The van der Waals surface area contributed by atoms with Crippen molar-refractivity contribution in [1.82, 2.24) is 4.81 Å². The molecule has 0 aromatic rings. The number of rotatable bonds is 3. The molecule has 3 heterocycles. The summed E-state index contributed by atoms with van der Waals surface area (Å²) in [6, 6.07) is 0. The molecule has 4 heteroatoms. The fraction of sp³-hybridized carbons (Fsp3) is 0.765. The second-order valence-electron chi connectivity index (χ2n) is 7.44. The SMILES string of the molecule is C=C1N=C(C)N(B2C3CCCC2CCC3)C(CC(C)C)=N1. The zero-order chi connectivity index (χ0) is 15.0. The van der Waals surface area contributed by atoms with E-state index in [4.69, 9.17) is 4.99 Å². The lowest BCUT2D eigenvalue weighted by atomic mass is 9.33. The van der Waals surface area contributed by atoms with Gasteiger partial charge in [0, 0.05) is 6.42 Å². The van der Waals surface area contributed by atoms with Crippen molar-refractivity contribution in [1.29, 1.82) is 0 Å². The highest BCUT2D eigenvalue weighted by Gasteiger charge is 2.46. The van der Waals surface area contributed by atoms with Crippen LogP contribution in [0.3, 0.4) is 0 Å². The van der Waals surface area contributed by atoms with E-state index in [9.17, 15) is 0 Å². The average molecular weight is 285 g/mol. The van der Waals surface area contributed by atoms with Gasteiger partial charge in [-0.15, -0.1) is 0 Å². The summed E-state index contributed by atoms with van der Waals surface area (Å²) in [6.45, 7) is 11.3. The highest BCUT2D eigenvalue weighted by molar-refractivity contribution is 6.65. The molecular weight excluding hydrogens is 257 g/mol. The maximum Gasteiger partial charge on any atom is 0.269 e. The number of nitrogens with zero attached hydrogens (tertiary/aromatic N) is 3. The van der Waals surface area contributed by atoms with E-state index in [1.54, 1.807) is 0 Å². The molecule has 0 aliphatic carbocycles. The molecule has 3 aliphatic heterocycles. The Hall–Kier alpha value is -1.06. The molecular formula is C17H28BN3. The first-order valence-electron chi connectivity index (χ1n) is 8.67. The first-order chi connectivity index (χ1) is 10.1. The van der Waals surface area contributed by atoms with Crippen molar-refractivity contribution in [3.8, 4) is 0 Å². The van der Waals surface area contributed by atoms with E-state index in [-0.39, 0.29) is 0 Å². The lowest BCUT2D eigenvalue weighted by Crippen LogP contribution is -2.55. The molecule has 2 saturated heterocycles. The molecule has 0 amide bonds. The minimum absolute atomic E-state index is 0.619. The average Bonchev–Trinajstić information content (AvgIpc) is 2.36.